The highest BCUT2D eigenvalue weighted by Gasteiger charge is 2.34. The molecular weight excluding hydrogens is 308 g/mol. The third-order valence-corrected chi connectivity index (χ3v) is 4.25. The second-order valence-electron chi connectivity index (χ2n) is 6.02. The maximum Gasteiger partial charge on any atom is 0.224 e. The summed E-state index contributed by atoms with van der Waals surface area (Å²) in [6, 6.07) is 4.31. The molecule has 2 aromatic rings. The van der Waals surface area contributed by atoms with Crippen molar-refractivity contribution in [1.82, 2.24) is 20.4 Å². The van der Waals surface area contributed by atoms with Crippen LogP contribution in [0.5, 0.6) is 0 Å². The monoisotopic (exact) mass is 332 g/mol. The number of nitrogens with one attached hydrogen (secondary N) is 2. The molecule has 3 rings (SSSR count). The normalized spacial score (nSPS) is 21.9. The number of aromatic nitrogens is 3. The van der Waals surface area contributed by atoms with Gasteiger partial charge in [0, 0.05) is 52.0 Å². The van der Waals surface area contributed by atoms with Crippen molar-refractivity contribution in [1.29, 1.82) is 0 Å². The van der Waals surface area contributed by atoms with Gasteiger partial charge in [0.1, 0.15) is 11.6 Å². The van der Waals surface area contributed by atoms with E-state index in [0.717, 1.165) is 31.1 Å². The molecule has 1 aliphatic heterocycles. The average molecular weight is 332 g/mol. The van der Waals surface area contributed by atoms with Crippen molar-refractivity contribution in [2.75, 3.05) is 37.5 Å². The van der Waals surface area contributed by atoms with Crippen LogP contribution in [0.3, 0.4) is 0 Å². The van der Waals surface area contributed by atoms with Crippen LogP contribution >= 0.6 is 0 Å². The van der Waals surface area contributed by atoms with Crippen molar-refractivity contribution in [3.05, 3.63) is 30.3 Å². The lowest BCUT2D eigenvalue weighted by Crippen LogP contribution is -2.45. The molecule has 3 atom stereocenters. The number of methoxy groups -OCH3 is 1. The van der Waals surface area contributed by atoms with Gasteiger partial charge in [-0.2, -0.15) is 4.98 Å². The van der Waals surface area contributed by atoms with Crippen LogP contribution < -0.4 is 15.5 Å². The molecule has 0 aromatic carbocycles. The minimum absolute atomic E-state index is 0.107. The molecule has 1 aliphatic rings. The summed E-state index contributed by atoms with van der Waals surface area (Å²) in [6.45, 7) is 3.77. The first-order valence-electron chi connectivity index (χ1n) is 8.13. The summed E-state index contributed by atoms with van der Waals surface area (Å²) in [5, 5.41) is 10.4. The molecule has 2 aromatic heterocycles. The van der Waals surface area contributed by atoms with Crippen molar-refractivity contribution < 1.29 is 9.26 Å². The number of ether oxygens (including phenoxy) is 1. The highest BCUT2D eigenvalue weighted by molar-refractivity contribution is 5.44. The molecule has 8 heteroatoms. The fourth-order valence-electron chi connectivity index (χ4n) is 3.08. The Bertz CT molecular complexity index is 635. The molecule has 130 valence electrons. The van der Waals surface area contributed by atoms with Crippen molar-refractivity contribution >= 4 is 11.8 Å². The van der Waals surface area contributed by atoms with Crippen molar-refractivity contribution in [3.63, 3.8) is 0 Å². The Morgan fingerprint density at radius 3 is 2.96 bits per heavy atom. The lowest BCUT2D eigenvalue weighted by molar-refractivity contribution is 0.0935. The van der Waals surface area contributed by atoms with Gasteiger partial charge in [-0.3, -0.25) is 0 Å². The average Bonchev–Trinajstić information content (AvgIpc) is 3.24. The van der Waals surface area contributed by atoms with E-state index in [2.05, 4.69) is 37.6 Å². The number of rotatable bonds is 7. The first-order chi connectivity index (χ1) is 11.7. The van der Waals surface area contributed by atoms with Crippen molar-refractivity contribution in [2.24, 2.45) is 0 Å². The van der Waals surface area contributed by atoms with Gasteiger partial charge in [0.25, 0.3) is 0 Å². The van der Waals surface area contributed by atoms with Gasteiger partial charge in [0.15, 0.2) is 0 Å². The van der Waals surface area contributed by atoms with Crippen molar-refractivity contribution in [3.8, 4) is 0 Å². The second kappa shape index (κ2) is 7.59. The molecule has 0 aliphatic carbocycles. The maximum atomic E-state index is 5.67. The maximum absolute atomic E-state index is 5.67. The summed E-state index contributed by atoms with van der Waals surface area (Å²) in [5.74, 6) is 2.41. The molecule has 1 fully saturated rings. The van der Waals surface area contributed by atoms with Gasteiger partial charge >= 0.3 is 0 Å². The van der Waals surface area contributed by atoms with E-state index in [1.165, 1.54) is 0 Å². The lowest BCUT2D eigenvalue weighted by atomic mass is 10.1. The Morgan fingerprint density at radius 1 is 1.38 bits per heavy atom. The molecular formula is C16H24N6O2. The highest BCUT2D eigenvalue weighted by Crippen LogP contribution is 2.21. The highest BCUT2D eigenvalue weighted by atomic mass is 16.5. The molecule has 0 spiro atoms. The first kappa shape index (κ1) is 16.7. The number of hydrogen-bond donors (Lipinski definition) is 2. The summed E-state index contributed by atoms with van der Waals surface area (Å²) >= 11 is 0. The van der Waals surface area contributed by atoms with E-state index >= 15 is 0 Å². The lowest BCUT2D eigenvalue weighted by Gasteiger charge is -2.22. The van der Waals surface area contributed by atoms with Crippen LogP contribution in [0.15, 0.2) is 29.0 Å². The van der Waals surface area contributed by atoms with E-state index in [1.54, 1.807) is 19.5 Å². The van der Waals surface area contributed by atoms with Crippen LogP contribution in [0.1, 0.15) is 12.7 Å². The molecule has 0 saturated carbocycles. The fourth-order valence-corrected chi connectivity index (χ4v) is 3.08. The standard InChI is InChI=1S/C16H24N6O2/c1-11(8-12-4-7-19-24-12)20-13-9-22(10-14(13)23-3)15-5-6-18-16(17-2)21-15/h4-7,11,13-14,20H,8-10H2,1-3H3,(H,17,18,21)/t11?,13-,14+/m1/s1. The number of nitrogens with zero attached hydrogens (tertiary/aromatic N) is 4. The Hall–Kier alpha value is -2.19. The van der Waals surface area contributed by atoms with E-state index < -0.39 is 0 Å². The Balaban J connectivity index is 1.63. The van der Waals surface area contributed by atoms with Gasteiger partial charge in [-0.1, -0.05) is 5.16 Å². The minimum Gasteiger partial charge on any atom is -0.378 e. The number of anilines is 2. The van der Waals surface area contributed by atoms with Crippen LogP contribution in [0.25, 0.3) is 0 Å². The van der Waals surface area contributed by atoms with E-state index in [1.807, 2.05) is 19.2 Å². The second-order valence-corrected chi connectivity index (χ2v) is 6.02. The third-order valence-electron chi connectivity index (χ3n) is 4.25. The summed E-state index contributed by atoms with van der Waals surface area (Å²) < 4.78 is 10.9. The molecule has 1 unspecified atom stereocenters. The quantitative estimate of drug-likeness (QED) is 0.774. The SMILES string of the molecule is CNc1nccc(N2C[C@H](OC)[C@H](NC(C)Cc3ccno3)C2)n1. The van der Waals surface area contributed by atoms with E-state index in [9.17, 15) is 0 Å². The Kier molecular flexibility index (Phi) is 5.27. The zero-order chi connectivity index (χ0) is 16.9. The summed E-state index contributed by atoms with van der Waals surface area (Å²) in [4.78, 5) is 10.9. The van der Waals surface area contributed by atoms with E-state index in [-0.39, 0.29) is 18.2 Å². The molecule has 24 heavy (non-hydrogen) atoms. The largest absolute Gasteiger partial charge is 0.378 e. The van der Waals surface area contributed by atoms with Crippen LogP contribution in [0.2, 0.25) is 0 Å². The Labute approximate surface area is 141 Å². The number of hydrogen-bond acceptors (Lipinski definition) is 8. The first-order valence-corrected chi connectivity index (χ1v) is 8.13. The van der Waals surface area contributed by atoms with Gasteiger partial charge in [0.05, 0.1) is 18.3 Å². The third kappa shape index (κ3) is 3.82. The Morgan fingerprint density at radius 2 is 2.25 bits per heavy atom. The summed E-state index contributed by atoms with van der Waals surface area (Å²) in [6.07, 6.45) is 4.34. The topological polar surface area (TPSA) is 88.3 Å². The van der Waals surface area contributed by atoms with Crippen molar-refractivity contribution in [2.45, 2.75) is 31.5 Å². The van der Waals surface area contributed by atoms with Crippen LogP contribution in [-0.2, 0) is 11.2 Å². The van der Waals surface area contributed by atoms with Gasteiger partial charge < -0.3 is 24.8 Å². The molecule has 3 heterocycles. The summed E-state index contributed by atoms with van der Waals surface area (Å²) in [7, 11) is 3.57. The predicted octanol–water partition coefficient (Wildman–Crippen LogP) is 0.931. The molecule has 0 bridgehead atoms. The van der Waals surface area contributed by atoms with Gasteiger partial charge in [-0.25, -0.2) is 4.98 Å². The fraction of sp³-hybridized carbons (Fsp3) is 0.562. The molecule has 0 amide bonds. The van der Waals surface area contributed by atoms with Gasteiger partial charge in [-0.05, 0) is 13.0 Å². The van der Waals surface area contributed by atoms with Crippen LogP contribution in [-0.4, -0.2) is 60.6 Å². The van der Waals surface area contributed by atoms with E-state index in [4.69, 9.17) is 9.26 Å². The molecule has 8 nitrogen and oxygen atoms in total. The van der Waals surface area contributed by atoms with Crippen LogP contribution in [0, 0.1) is 0 Å². The molecule has 2 N–H and O–H groups in total. The smallest absolute Gasteiger partial charge is 0.224 e. The molecule has 1 saturated heterocycles. The predicted molar refractivity (Wildman–Crippen MR) is 91.2 cm³/mol. The summed E-state index contributed by atoms with van der Waals surface area (Å²) in [5.41, 5.74) is 0. The minimum atomic E-state index is 0.107. The van der Waals surface area contributed by atoms with E-state index in [0.29, 0.717) is 5.95 Å². The molecule has 0 radical (unpaired) electrons. The zero-order valence-corrected chi connectivity index (χ0v) is 14.3. The van der Waals surface area contributed by atoms with Gasteiger partial charge in [-0.15, -0.1) is 0 Å². The van der Waals surface area contributed by atoms with Gasteiger partial charge in [0.2, 0.25) is 5.95 Å². The zero-order valence-electron chi connectivity index (χ0n) is 14.3. The van der Waals surface area contributed by atoms with Crippen LogP contribution in [0.4, 0.5) is 11.8 Å².